The summed E-state index contributed by atoms with van der Waals surface area (Å²) in [6, 6.07) is 17.6. The first-order valence-electron chi connectivity index (χ1n) is 6.78. The molecule has 21 heavy (non-hydrogen) atoms. The molecule has 4 heteroatoms. The molecule has 0 saturated carbocycles. The van der Waals surface area contributed by atoms with Gasteiger partial charge in [-0.3, -0.25) is 0 Å². The molecule has 2 aromatic carbocycles. The van der Waals surface area contributed by atoms with Gasteiger partial charge in [0, 0.05) is 18.1 Å². The van der Waals surface area contributed by atoms with Gasteiger partial charge in [0.05, 0.1) is 12.1 Å². The van der Waals surface area contributed by atoms with Crippen LogP contribution < -0.4 is 5.73 Å². The smallest absolute Gasteiger partial charge is 0.0773 e. The maximum atomic E-state index is 10.3. The topological polar surface area (TPSA) is 62.0 Å². The third-order valence-corrected chi connectivity index (χ3v) is 3.67. The van der Waals surface area contributed by atoms with E-state index in [1.807, 2.05) is 60.8 Å². The lowest BCUT2D eigenvalue weighted by Gasteiger charge is -2.19. The van der Waals surface area contributed by atoms with E-state index < -0.39 is 6.10 Å². The molecule has 1 heterocycles. The second kappa shape index (κ2) is 6.76. The minimum atomic E-state index is -0.593. The van der Waals surface area contributed by atoms with Crippen LogP contribution in [0.4, 0.5) is 0 Å². The molecule has 3 rings (SSSR count). The Labute approximate surface area is 130 Å². The van der Waals surface area contributed by atoms with Gasteiger partial charge < -0.3 is 15.8 Å². The summed E-state index contributed by atoms with van der Waals surface area (Å²) in [5, 5.41) is 11.5. The number of halogens is 1. The van der Waals surface area contributed by atoms with E-state index in [1.165, 1.54) is 0 Å². The first kappa shape index (κ1) is 15.6. The van der Waals surface area contributed by atoms with Crippen LogP contribution in [0, 0.1) is 0 Å². The number of hydrogen-bond donors (Lipinski definition) is 3. The van der Waals surface area contributed by atoms with Gasteiger partial charge in [-0.05, 0) is 28.6 Å². The predicted octanol–water partition coefficient (Wildman–Crippen LogP) is 3.19. The fourth-order valence-electron chi connectivity index (χ4n) is 2.48. The molecule has 0 amide bonds. The number of aliphatic hydroxyl groups excluding tert-OH is 1. The van der Waals surface area contributed by atoms with E-state index in [-0.39, 0.29) is 18.4 Å². The lowest BCUT2D eigenvalue weighted by molar-refractivity contribution is 0.145. The third-order valence-electron chi connectivity index (χ3n) is 3.67. The molecule has 1 aromatic heterocycles. The quantitative estimate of drug-likeness (QED) is 0.693. The molecule has 0 aliphatic rings. The molecule has 0 aliphatic heterocycles. The van der Waals surface area contributed by atoms with Gasteiger partial charge in [0.2, 0.25) is 0 Å². The van der Waals surface area contributed by atoms with Crippen molar-refractivity contribution in [2.24, 2.45) is 5.73 Å². The fourth-order valence-corrected chi connectivity index (χ4v) is 2.48. The van der Waals surface area contributed by atoms with Crippen molar-refractivity contribution in [1.82, 2.24) is 4.98 Å². The highest BCUT2D eigenvalue weighted by Gasteiger charge is 2.17. The van der Waals surface area contributed by atoms with Gasteiger partial charge in [-0.2, -0.15) is 0 Å². The number of aromatic amines is 1. The van der Waals surface area contributed by atoms with Crippen molar-refractivity contribution in [1.29, 1.82) is 0 Å². The van der Waals surface area contributed by atoms with Crippen LogP contribution >= 0.6 is 12.4 Å². The molecule has 0 bridgehead atoms. The highest BCUT2D eigenvalue weighted by Crippen LogP contribution is 2.22. The molecular weight excluding hydrogens is 284 g/mol. The van der Waals surface area contributed by atoms with Gasteiger partial charge in [-0.1, -0.05) is 42.5 Å². The lowest BCUT2D eigenvalue weighted by atomic mass is 9.96. The SMILES string of the molecule is Cl.N[C@@H](c1ccc2cc[nH]c2c1)[C@H](O)Cc1ccccc1. The summed E-state index contributed by atoms with van der Waals surface area (Å²) in [5.74, 6) is 0. The largest absolute Gasteiger partial charge is 0.391 e. The van der Waals surface area contributed by atoms with E-state index in [0.29, 0.717) is 6.42 Å². The summed E-state index contributed by atoms with van der Waals surface area (Å²) in [6.45, 7) is 0. The molecule has 4 N–H and O–H groups in total. The molecular formula is C17H19ClN2O. The molecule has 0 saturated heterocycles. The maximum absolute atomic E-state index is 10.3. The standard InChI is InChI=1S/C17H18N2O.ClH/c18-17(16(20)10-12-4-2-1-3-5-12)14-7-6-13-8-9-19-15(13)11-14;/h1-9,11,16-17,19-20H,10,18H2;1H/t16-,17+;/m1./s1. The van der Waals surface area contributed by atoms with Crippen LogP contribution in [-0.4, -0.2) is 16.2 Å². The Hall–Kier alpha value is -1.81. The van der Waals surface area contributed by atoms with Crippen molar-refractivity contribution in [3.8, 4) is 0 Å². The molecule has 0 fully saturated rings. The van der Waals surface area contributed by atoms with Crippen LogP contribution in [0.2, 0.25) is 0 Å². The van der Waals surface area contributed by atoms with Crippen LogP contribution in [0.1, 0.15) is 17.2 Å². The zero-order valence-electron chi connectivity index (χ0n) is 11.6. The van der Waals surface area contributed by atoms with Crippen molar-refractivity contribution in [2.75, 3.05) is 0 Å². The van der Waals surface area contributed by atoms with Gasteiger partial charge in [-0.15, -0.1) is 12.4 Å². The maximum Gasteiger partial charge on any atom is 0.0773 e. The normalized spacial score (nSPS) is 13.6. The average Bonchev–Trinajstić information content (AvgIpc) is 2.94. The lowest BCUT2D eigenvalue weighted by Crippen LogP contribution is -2.28. The number of rotatable bonds is 4. The summed E-state index contributed by atoms with van der Waals surface area (Å²) in [7, 11) is 0. The minimum absolute atomic E-state index is 0. The van der Waals surface area contributed by atoms with Crippen LogP contribution in [0.5, 0.6) is 0 Å². The van der Waals surface area contributed by atoms with E-state index >= 15 is 0 Å². The highest BCUT2D eigenvalue weighted by atomic mass is 35.5. The first-order chi connectivity index (χ1) is 9.74. The number of nitrogens with one attached hydrogen (secondary N) is 1. The molecule has 3 aromatic rings. The Kier molecular flexibility index (Phi) is 5.02. The van der Waals surface area contributed by atoms with Gasteiger partial charge in [0.15, 0.2) is 0 Å². The number of nitrogens with two attached hydrogens (primary N) is 1. The van der Waals surface area contributed by atoms with Crippen LogP contribution in [0.25, 0.3) is 10.9 Å². The molecule has 2 atom stereocenters. The number of fused-ring (bicyclic) bond motifs is 1. The van der Waals surface area contributed by atoms with Crippen LogP contribution in [0.15, 0.2) is 60.8 Å². The Morgan fingerprint density at radius 2 is 1.81 bits per heavy atom. The van der Waals surface area contributed by atoms with E-state index in [1.54, 1.807) is 0 Å². The minimum Gasteiger partial charge on any atom is -0.391 e. The molecule has 0 aliphatic carbocycles. The van der Waals surface area contributed by atoms with E-state index in [2.05, 4.69) is 4.98 Å². The Bertz CT molecular complexity index is 696. The number of aromatic nitrogens is 1. The number of hydrogen-bond acceptors (Lipinski definition) is 2. The summed E-state index contributed by atoms with van der Waals surface area (Å²) >= 11 is 0. The molecule has 0 spiro atoms. The van der Waals surface area contributed by atoms with Crippen LogP contribution in [0.3, 0.4) is 0 Å². The summed E-state index contributed by atoms with van der Waals surface area (Å²) in [4.78, 5) is 3.17. The second-order valence-corrected chi connectivity index (χ2v) is 5.11. The third kappa shape index (κ3) is 3.45. The summed E-state index contributed by atoms with van der Waals surface area (Å²) < 4.78 is 0. The number of benzene rings is 2. The number of aliphatic hydroxyl groups is 1. The first-order valence-corrected chi connectivity index (χ1v) is 6.78. The summed E-state index contributed by atoms with van der Waals surface area (Å²) in [5.41, 5.74) is 9.27. The Morgan fingerprint density at radius 1 is 1.05 bits per heavy atom. The average molecular weight is 303 g/mol. The van der Waals surface area contributed by atoms with E-state index in [9.17, 15) is 5.11 Å². The number of H-pyrrole nitrogens is 1. The van der Waals surface area contributed by atoms with Gasteiger partial charge in [0.25, 0.3) is 0 Å². The summed E-state index contributed by atoms with van der Waals surface area (Å²) in [6.07, 6.45) is 1.87. The van der Waals surface area contributed by atoms with Crippen molar-refractivity contribution in [3.63, 3.8) is 0 Å². The van der Waals surface area contributed by atoms with Crippen molar-refractivity contribution >= 4 is 23.3 Å². The van der Waals surface area contributed by atoms with Crippen LogP contribution in [-0.2, 0) is 6.42 Å². The van der Waals surface area contributed by atoms with Crippen molar-refractivity contribution in [2.45, 2.75) is 18.6 Å². The van der Waals surface area contributed by atoms with Gasteiger partial charge >= 0.3 is 0 Å². The predicted molar refractivity (Wildman–Crippen MR) is 88.6 cm³/mol. The zero-order chi connectivity index (χ0) is 13.9. The Morgan fingerprint density at radius 3 is 2.57 bits per heavy atom. The molecule has 0 unspecified atom stereocenters. The zero-order valence-corrected chi connectivity index (χ0v) is 12.4. The second-order valence-electron chi connectivity index (χ2n) is 5.11. The monoisotopic (exact) mass is 302 g/mol. The van der Waals surface area contributed by atoms with E-state index in [0.717, 1.165) is 22.0 Å². The Balaban J connectivity index is 0.00000161. The van der Waals surface area contributed by atoms with Crippen molar-refractivity contribution in [3.05, 3.63) is 71.9 Å². The molecule has 110 valence electrons. The van der Waals surface area contributed by atoms with Crippen molar-refractivity contribution < 1.29 is 5.11 Å². The molecule has 0 radical (unpaired) electrons. The fraction of sp³-hybridized carbons (Fsp3) is 0.176. The van der Waals surface area contributed by atoms with E-state index in [4.69, 9.17) is 5.73 Å². The highest BCUT2D eigenvalue weighted by molar-refractivity contribution is 5.85. The van der Waals surface area contributed by atoms with Gasteiger partial charge in [0.1, 0.15) is 0 Å². The van der Waals surface area contributed by atoms with Gasteiger partial charge in [-0.25, -0.2) is 0 Å². The molecule has 3 nitrogen and oxygen atoms in total.